The van der Waals surface area contributed by atoms with E-state index >= 15 is 0 Å². The number of aryl methyl sites for hydroxylation is 1. The largest absolute Gasteiger partial charge is 0.493 e. The van der Waals surface area contributed by atoms with Gasteiger partial charge in [0.1, 0.15) is 17.4 Å². The third-order valence-electron chi connectivity index (χ3n) is 3.93. The van der Waals surface area contributed by atoms with Crippen LogP contribution in [0.2, 0.25) is 0 Å². The highest BCUT2D eigenvalue weighted by atomic mass is 79.9. The zero-order chi connectivity index (χ0) is 22.8. The number of rotatable bonds is 9. The van der Waals surface area contributed by atoms with Crippen molar-refractivity contribution in [1.82, 2.24) is 5.32 Å². The second-order valence-corrected chi connectivity index (χ2v) is 7.13. The van der Waals surface area contributed by atoms with Gasteiger partial charge in [0.05, 0.1) is 11.6 Å². The molecule has 1 amide bonds. The fourth-order valence-corrected chi connectivity index (χ4v) is 3.05. The van der Waals surface area contributed by atoms with Crippen molar-refractivity contribution < 1.29 is 23.8 Å². The molecule has 8 heteroatoms. The zero-order valence-corrected chi connectivity index (χ0v) is 18.7. The van der Waals surface area contributed by atoms with Crippen LogP contribution < -0.4 is 19.5 Å². The molecule has 31 heavy (non-hydrogen) atoms. The minimum atomic E-state index is -0.615. The number of amides is 1. The van der Waals surface area contributed by atoms with Crippen LogP contribution in [0, 0.1) is 18.3 Å². The molecular weight excluding hydrogens is 464 g/mol. The zero-order valence-electron chi connectivity index (χ0n) is 17.1. The van der Waals surface area contributed by atoms with Crippen LogP contribution in [-0.2, 0) is 9.59 Å². The van der Waals surface area contributed by atoms with Gasteiger partial charge in [-0.05, 0) is 64.3 Å². The second kappa shape index (κ2) is 11.6. The number of ether oxygens (including phenoxy) is 3. The molecule has 0 aliphatic heterocycles. The molecule has 0 unspecified atom stereocenters. The van der Waals surface area contributed by atoms with E-state index in [9.17, 15) is 14.9 Å². The number of esters is 1. The molecule has 160 valence electrons. The first-order chi connectivity index (χ1) is 14.9. The Morgan fingerprint density at radius 1 is 1.19 bits per heavy atom. The molecule has 2 aromatic carbocycles. The predicted octanol–water partition coefficient (Wildman–Crippen LogP) is 3.96. The van der Waals surface area contributed by atoms with Crippen molar-refractivity contribution in [3.63, 3.8) is 0 Å². The number of halogens is 1. The number of nitrogens with zero attached hydrogens (tertiary/aromatic N) is 1. The van der Waals surface area contributed by atoms with Gasteiger partial charge in [0.15, 0.2) is 18.1 Å². The Morgan fingerprint density at radius 2 is 1.94 bits per heavy atom. The van der Waals surface area contributed by atoms with Gasteiger partial charge in [-0.1, -0.05) is 18.2 Å². The molecule has 0 aliphatic rings. The summed E-state index contributed by atoms with van der Waals surface area (Å²) in [5.74, 6) is -0.158. The number of hydrogen-bond donors (Lipinski definition) is 1. The smallest absolute Gasteiger partial charge is 0.349 e. The van der Waals surface area contributed by atoms with Gasteiger partial charge < -0.3 is 19.5 Å². The fourth-order valence-electron chi connectivity index (χ4n) is 2.45. The first kappa shape index (κ1) is 23.7. The number of carbonyl (C=O) groups is 2. The molecule has 0 aliphatic carbocycles. The van der Waals surface area contributed by atoms with E-state index in [-0.39, 0.29) is 30.2 Å². The van der Waals surface area contributed by atoms with Gasteiger partial charge >= 0.3 is 5.97 Å². The van der Waals surface area contributed by atoms with Crippen LogP contribution in [0.25, 0.3) is 6.08 Å². The van der Waals surface area contributed by atoms with E-state index in [0.717, 1.165) is 10.0 Å². The maximum Gasteiger partial charge on any atom is 0.349 e. The number of benzene rings is 2. The number of nitrogens with one attached hydrogen (secondary N) is 1. The first-order valence-electron chi connectivity index (χ1n) is 9.16. The summed E-state index contributed by atoms with van der Waals surface area (Å²) >= 11 is 3.39. The molecule has 7 nitrogen and oxygen atoms in total. The molecule has 1 N–H and O–H groups in total. The van der Waals surface area contributed by atoms with E-state index in [1.54, 1.807) is 18.2 Å². The summed E-state index contributed by atoms with van der Waals surface area (Å²) in [6, 6.07) is 12.0. The number of methoxy groups -OCH3 is 1. The van der Waals surface area contributed by atoms with Crippen molar-refractivity contribution in [3.8, 4) is 23.3 Å². The Balaban J connectivity index is 2.09. The molecule has 0 spiro atoms. The summed E-state index contributed by atoms with van der Waals surface area (Å²) in [6.45, 7) is 5.41. The molecule has 0 saturated heterocycles. The number of carbonyl (C=O) groups excluding carboxylic acids is 2. The molecule has 0 bridgehead atoms. The van der Waals surface area contributed by atoms with Crippen LogP contribution in [0.3, 0.4) is 0 Å². The summed E-state index contributed by atoms with van der Waals surface area (Å²) in [4.78, 5) is 24.2. The SMILES string of the molecule is C=CCNC(=O)C(C#N)=Cc1ccc(OC(=O)COc2ccc(C)cc2Br)c(OC)c1. The van der Waals surface area contributed by atoms with Crippen LogP contribution in [-0.4, -0.2) is 32.1 Å². The molecule has 2 aromatic rings. The Bertz CT molecular complexity index is 1060. The molecular formula is C23H21BrN2O5. The van der Waals surface area contributed by atoms with Crippen molar-refractivity contribution >= 4 is 33.9 Å². The highest BCUT2D eigenvalue weighted by Gasteiger charge is 2.14. The third-order valence-corrected chi connectivity index (χ3v) is 4.55. The van der Waals surface area contributed by atoms with E-state index < -0.39 is 11.9 Å². The molecule has 0 fully saturated rings. The van der Waals surface area contributed by atoms with Crippen LogP contribution in [0.1, 0.15) is 11.1 Å². The van der Waals surface area contributed by atoms with Gasteiger partial charge in [0.25, 0.3) is 5.91 Å². The minimum Gasteiger partial charge on any atom is -0.493 e. The quantitative estimate of drug-likeness (QED) is 0.190. The first-order valence-corrected chi connectivity index (χ1v) is 9.95. The van der Waals surface area contributed by atoms with E-state index in [4.69, 9.17) is 14.2 Å². The molecule has 0 saturated carbocycles. The van der Waals surface area contributed by atoms with E-state index in [1.807, 2.05) is 25.1 Å². The lowest BCUT2D eigenvalue weighted by Crippen LogP contribution is -2.24. The normalized spacial score (nSPS) is 10.6. The van der Waals surface area contributed by atoms with Gasteiger partial charge in [0.2, 0.25) is 0 Å². The minimum absolute atomic E-state index is 0.0780. The second-order valence-electron chi connectivity index (χ2n) is 6.28. The van der Waals surface area contributed by atoms with E-state index in [0.29, 0.717) is 11.3 Å². The van der Waals surface area contributed by atoms with Crippen LogP contribution >= 0.6 is 15.9 Å². The Hall–Kier alpha value is -3.57. The Labute approximate surface area is 189 Å². The van der Waals surface area contributed by atoms with Gasteiger partial charge in [0, 0.05) is 6.54 Å². The van der Waals surface area contributed by atoms with Gasteiger partial charge in [-0.3, -0.25) is 4.79 Å². The number of nitriles is 1. The lowest BCUT2D eigenvalue weighted by molar-refractivity contribution is -0.136. The summed E-state index contributed by atoms with van der Waals surface area (Å²) in [5, 5.41) is 11.8. The van der Waals surface area contributed by atoms with Crippen molar-refractivity contribution in [3.05, 3.63) is 70.2 Å². The molecule has 0 heterocycles. The van der Waals surface area contributed by atoms with Crippen LogP contribution in [0.5, 0.6) is 17.2 Å². The van der Waals surface area contributed by atoms with Crippen molar-refractivity contribution in [2.45, 2.75) is 6.92 Å². The van der Waals surface area contributed by atoms with Crippen molar-refractivity contribution in [2.75, 3.05) is 20.3 Å². The maximum absolute atomic E-state index is 12.2. The summed E-state index contributed by atoms with van der Waals surface area (Å²) < 4.78 is 16.8. The molecule has 0 atom stereocenters. The topological polar surface area (TPSA) is 97.7 Å². The monoisotopic (exact) mass is 484 g/mol. The Kier molecular flexibility index (Phi) is 8.85. The average molecular weight is 485 g/mol. The summed E-state index contributed by atoms with van der Waals surface area (Å²) in [7, 11) is 1.42. The van der Waals surface area contributed by atoms with Crippen molar-refractivity contribution in [1.29, 1.82) is 5.26 Å². The predicted molar refractivity (Wildman–Crippen MR) is 120 cm³/mol. The third kappa shape index (κ3) is 7.01. The summed E-state index contributed by atoms with van der Waals surface area (Å²) in [6.07, 6.45) is 2.92. The number of hydrogen-bond acceptors (Lipinski definition) is 6. The molecule has 2 rings (SSSR count). The highest BCUT2D eigenvalue weighted by molar-refractivity contribution is 9.10. The fraction of sp³-hybridized carbons (Fsp3) is 0.174. The van der Waals surface area contributed by atoms with Gasteiger partial charge in [-0.25, -0.2) is 4.79 Å². The van der Waals surface area contributed by atoms with Crippen LogP contribution in [0.4, 0.5) is 0 Å². The lowest BCUT2D eigenvalue weighted by atomic mass is 10.1. The standard InChI is InChI=1S/C23H21BrN2O5/c1-4-9-26-23(28)17(13-25)11-16-6-8-20(21(12-16)29-3)31-22(27)14-30-19-7-5-15(2)10-18(19)24/h4-8,10-12H,1,9,14H2,2-3H3,(H,26,28). The lowest BCUT2D eigenvalue weighted by Gasteiger charge is -2.11. The average Bonchev–Trinajstić information content (AvgIpc) is 2.75. The van der Waals surface area contributed by atoms with E-state index in [1.165, 1.54) is 25.3 Å². The van der Waals surface area contributed by atoms with Crippen LogP contribution in [0.15, 0.2) is 59.1 Å². The van der Waals surface area contributed by atoms with Gasteiger partial charge in [-0.15, -0.1) is 6.58 Å². The summed E-state index contributed by atoms with van der Waals surface area (Å²) in [5.41, 5.74) is 1.51. The Morgan fingerprint density at radius 3 is 2.58 bits per heavy atom. The van der Waals surface area contributed by atoms with Crippen molar-refractivity contribution in [2.24, 2.45) is 0 Å². The molecule has 0 radical (unpaired) electrons. The molecule has 0 aromatic heterocycles. The van der Waals surface area contributed by atoms with Gasteiger partial charge in [-0.2, -0.15) is 5.26 Å². The highest BCUT2D eigenvalue weighted by Crippen LogP contribution is 2.30. The maximum atomic E-state index is 12.2. The van der Waals surface area contributed by atoms with E-state index in [2.05, 4.69) is 27.8 Å².